The van der Waals surface area contributed by atoms with Gasteiger partial charge in [0.2, 0.25) is 0 Å². The quantitative estimate of drug-likeness (QED) is 0.190. The van der Waals surface area contributed by atoms with Crippen LogP contribution in [0.5, 0.6) is 0 Å². The van der Waals surface area contributed by atoms with Crippen LogP contribution < -0.4 is 0 Å². The van der Waals surface area contributed by atoms with Crippen LogP contribution in [0.15, 0.2) is 160 Å². The Bertz CT molecular complexity index is 2020. The van der Waals surface area contributed by atoms with E-state index in [4.69, 9.17) is 0 Å². The van der Waals surface area contributed by atoms with Crippen LogP contribution in [0.3, 0.4) is 0 Å². The molecule has 0 fully saturated rings. The van der Waals surface area contributed by atoms with Crippen LogP contribution in [-0.2, 0) is 0 Å². The summed E-state index contributed by atoms with van der Waals surface area (Å²) in [6.07, 6.45) is 0. The highest BCUT2D eigenvalue weighted by molar-refractivity contribution is 8.05. The minimum absolute atomic E-state index is 1.28. The monoisotopic (exact) mass is 612 g/mol. The summed E-state index contributed by atoms with van der Waals surface area (Å²) >= 11 is 9.46. The first-order valence-electron chi connectivity index (χ1n) is 13.4. The highest BCUT2D eigenvalue weighted by Gasteiger charge is 2.22. The van der Waals surface area contributed by atoms with Crippen molar-refractivity contribution in [3.63, 3.8) is 0 Å². The Labute approximate surface area is 259 Å². The molecule has 0 radical (unpaired) electrons. The highest BCUT2D eigenvalue weighted by Crippen LogP contribution is 2.53. The highest BCUT2D eigenvalue weighted by atomic mass is 32.2. The molecule has 0 spiro atoms. The molecule has 7 aromatic rings. The first-order valence-corrected chi connectivity index (χ1v) is 17.5. The van der Waals surface area contributed by atoms with E-state index in [1.165, 1.54) is 81.6 Å². The van der Waals surface area contributed by atoms with Crippen molar-refractivity contribution >= 4 is 78.6 Å². The van der Waals surface area contributed by atoms with Crippen molar-refractivity contribution in [3.8, 4) is 22.3 Å². The lowest BCUT2D eigenvalue weighted by molar-refractivity contribution is 1.16. The van der Waals surface area contributed by atoms with E-state index < -0.39 is 0 Å². The van der Waals surface area contributed by atoms with Crippen molar-refractivity contribution < 1.29 is 0 Å². The second-order valence-electron chi connectivity index (χ2n) is 10.1. The molecule has 6 aromatic carbocycles. The molecule has 0 saturated carbocycles. The third-order valence-electron chi connectivity index (χ3n) is 7.61. The number of hydrogen-bond donors (Lipinski definition) is 0. The molecule has 2 aliphatic heterocycles. The third kappa shape index (κ3) is 4.10. The van der Waals surface area contributed by atoms with Gasteiger partial charge in [0.25, 0.3) is 0 Å². The van der Waals surface area contributed by atoms with Gasteiger partial charge in [0.15, 0.2) is 0 Å². The second-order valence-corrected chi connectivity index (χ2v) is 15.4. The summed E-state index contributed by atoms with van der Waals surface area (Å²) in [6, 6.07) is 45.0. The fraction of sp³-hybridized carbons (Fsp3) is 0. The maximum absolute atomic E-state index is 2.42. The van der Waals surface area contributed by atoms with Gasteiger partial charge in [-0.1, -0.05) is 108 Å². The van der Waals surface area contributed by atoms with Crippen molar-refractivity contribution in [1.82, 2.24) is 0 Å². The Morgan fingerprint density at radius 1 is 0.341 bits per heavy atom. The van der Waals surface area contributed by atoms with E-state index >= 15 is 0 Å². The van der Waals surface area contributed by atoms with Gasteiger partial charge in [-0.2, -0.15) is 0 Å². The molecular formula is C36H20S5. The van der Waals surface area contributed by atoms with Crippen molar-refractivity contribution in [2.45, 2.75) is 39.2 Å². The molecule has 0 nitrogen and oxygen atoms in total. The van der Waals surface area contributed by atoms with Gasteiger partial charge >= 0.3 is 0 Å². The van der Waals surface area contributed by atoms with Crippen molar-refractivity contribution in [3.05, 3.63) is 121 Å². The molecule has 9 rings (SSSR count). The van der Waals surface area contributed by atoms with Crippen molar-refractivity contribution in [2.75, 3.05) is 0 Å². The van der Waals surface area contributed by atoms with Crippen molar-refractivity contribution in [2.24, 2.45) is 0 Å². The van der Waals surface area contributed by atoms with E-state index in [0.29, 0.717) is 0 Å². The summed E-state index contributed by atoms with van der Waals surface area (Å²) in [5.41, 5.74) is 5.20. The van der Waals surface area contributed by atoms with Crippen LogP contribution in [0.1, 0.15) is 0 Å². The second kappa shape index (κ2) is 9.75. The fourth-order valence-corrected chi connectivity index (χ4v) is 11.5. The van der Waals surface area contributed by atoms with E-state index in [-0.39, 0.29) is 0 Å². The van der Waals surface area contributed by atoms with E-state index in [1.54, 1.807) is 0 Å². The van der Waals surface area contributed by atoms with Gasteiger partial charge in [-0.3, -0.25) is 0 Å². The summed E-state index contributed by atoms with van der Waals surface area (Å²) in [5, 5.41) is 2.68. The third-order valence-corrected chi connectivity index (χ3v) is 14.0. The van der Waals surface area contributed by atoms with Crippen LogP contribution in [0, 0.1) is 0 Å². The van der Waals surface area contributed by atoms with Gasteiger partial charge in [-0.25, -0.2) is 0 Å². The molecule has 0 saturated heterocycles. The van der Waals surface area contributed by atoms with Crippen LogP contribution in [0.4, 0.5) is 0 Å². The number of benzene rings is 6. The fourth-order valence-electron chi connectivity index (χ4n) is 5.66. The Hall–Kier alpha value is -3.06. The first-order chi connectivity index (χ1) is 20.3. The molecule has 1 aromatic heterocycles. The van der Waals surface area contributed by atoms with E-state index in [1.807, 2.05) is 58.4 Å². The van der Waals surface area contributed by atoms with Gasteiger partial charge in [0.05, 0.1) is 0 Å². The van der Waals surface area contributed by atoms with Crippen LogP contribution >= 0.6 is 58.4 Å². The molecule has 0 N–H and O–H groups in total. The predicted molar refractivity (Wildman–Crippen MR) is 180 cm³/mol. The molecule has 0 aliphatic carbocycles. The summed E-state index contributed by atoms with van der Waals surface area (Å²) < 4.78 is 2.68. The van der Waals surface area contributed by atoms with Gasteiger partial charge in [0.1, 0.15) is 0 Å². The maximum atomic E-state index is 2.42. The van der Waals surface area contributed by atoms with Crippen molar-refractivity contribution in [1.29, 1.82) is 0 Å². The zero-order valence-electron chi connectivity index (χ0n) is 21.6. The number of rotatable bonds is 2. The summed E-state index contributed by atoms with van der Waals surface area (Å²) in [5.74, 6) is 0. The Morgan fingerprint density at radius 2 is 0.756 bits per heavy atom. The molecule has 0 bridgehead atoms. The summed E-state index contributed by atoms with van der Waals surface area (Å²) in [6.45, 7) is 0. The maximum Gasteiger partial charge on any atom is 0.0355 e. The molecule has 3 heterocycles. The zero-order chi connectivity index (χ0) is 26.9. The first kappa shape index (κ1) is 24.5. The normalized spacial score (nSPS) is 13.5. The molecule has 194 valence electrons. The molecule has 5 heteroatoms. The lowest BCUT2D eigenvalue weighted by Gasteiger charge is -2.21. The lowest BCUT2D eigenvalue weighted by Crippen LogP contribution is -1.92. The van der Waals surface area contributed by atoms with E-state index in [9.17, 15) is 0 Å². The van der Waals surface area contributed by atoms with Crippen LogP contribution in [0.2, 0.25) is 0 Å². The molecule has 0 atom stereocenters. The standard InChI is InChI=1S/C36H20S5/c1-3-11-31-29(9-1)38-33-13-5-7-23(35(33)40-31)21-15-17-27-25(19-21)26-20-22(16-18-28(26)37-27)24-8-6-14-34-36(24)41-32-12-4-2-10-30(32)39-34/h1-20H. The number of fused-ring (bicyclic) bond motifs is 7. The largest absolute Gasteiger partial charge is 0.135 e. The topological polar surface area (TPSA) is 0 Å². The molecule has 2 aliphatic rings. The van der Waals surface area contributed by atoms with E-state index in [2.05, 4.69) is 121 Å². The summed E-state index contributed by atoms with van der Waals surface area (Å²) in [7, 11) is 0. The Kier molecular flexibility index (Phi) is 5.84. The lowest BCUT2D eigenvalue weighted by atomic mass is 10.00. The number of hydrogen-bond acceptors (Lipinski definition) is 5. The molecule has 0 amide bonds. The van der Waals surface area contributed by atoms with Gasteiger partial charge in [0, 0.05) is 59.3 Å². The smallest absolute Gasteiger partial charge is 0.0355 e. The Morgan fingerprint density at radius 3 is 1.22 bits per heavy atom. The summed E-state index contributed by atoms with van der Waals surface area (Å²) in [4.78, 5) is 10.8. The average Bonchev–Trinajstić information content (AvgIpc) is 3.39. The van der Waals surface area contributed by atoms with Crippen LogP contribution in [0.25, 0.3) is 42.4 Å². The van der Waals surface area contributed by atoms with Crippen LogP contribution in [-0.4, -0.2) is 0 Å². The molecule has 41 heavy (non-hydrogen) atoms. The molecular weight excluding hydrogens is 593 g/mol. The minimum Gasteiger partial charge on any atom is -0.135 e. The van der Waals surface area contributed by atoms with Gasteiger partial charge in [-0.15, -0.1) is 11.3 Å². The Balaban J connectivity index is 1.16. The SMILES string of the molecule is c1ccc2c(c1)Sc1cccc(-c3ccc4sc5ccc(-c6cccc7c6Sc6ccccc6S7)cc5c4c3)c1S2. The van der Waals surface area contributed by atoms with E-state index in [0.717, 1.165) is 0 Å². The predicted octanol–water partition coefficient (Wildman–Crippen LogP) is 12.6. The number of thiophene rings is 1. The molecule has 0 unspecified atom stereocenters. The van der Waals surface area contributed by atoms with Gasteiger partial charge in [-0.05, 0) is 82.9 Å². The minimum atomic E-state index is 1.28. The zero-order valence-corrected chi connectivity index (χ0v) is 25.7. The average molecular weight is 613 g/mol. The van der Waals surface area contributed by atoms with Gasteiger partial charge < -0.3 is 0 Å².